The highest BCUT2D eigenvalue weighted by molar-refractivity contribution is 7.91. The lowest BCUT2D eigenvalue weighted by Crippen LogP contribution is -2.29. The Bertz CT molecular complexity index is 1600. The highest BCUT2D eigenvalue weighted by Crippen LogP contribution is 2.37. The third-order valence-corrected chi connectivity index (χ3v) is 7.99. The second-order valence-electron chi connectivity index (χ2n) is 8.36. The molecule has 0 bridgehead atoms. The highest BCUT2D eigenvalue weighted by atomic mass is 32.2. The number of benzene rings is 1. The van der Waals surface area contributed by atoms with Gasteiger partial charge in [0.05, 0.1) is 25.0 Å². The number of hydrogen-bond donors (Lipinski definition) is 1. The van der Waals surface area contributed by atoms with Crippen LogP contribution in [0.25, 0.3) is 17.3 Å². The molecule has 0 saturated carbocycles. The maximum absolute atomic E-state index is 14.5. The molecule has 13 heteroatoms. The molecule has 38 heavy (non-hydrogen) atoms. The minimum absolute atomic E-state index is 0.0239. The van der Waals surface area contributed by atoms with Gasteiger partial charge in [-0.25, -0.2) is 12.8 Å². The number of sulfone groups is 1. The standard InChI is InChI=1S/C25H24FN5O6S/c1-14-8-9-20(37-14)25-30-29-21(31(25)23-18(35-3)6-5-7-19(23)36-4)13-38(33,34)15(2)24(32)22-17(26)10-16(11-27)12-28-22/h5-10,12,15,24,32H,13H2,1-4H3/t15-,24-/m1/s1. The predicted molar refractivity (Wildman–Crippen MR) is 133 cm³/mol. The van der Waals surface area contributed by atoms with E-state index in [0.29, 0.717) is 28.7 Å². The highest BCUT2D eigenvalue weighted by Gasteiger charge is 2.35. The van der Waals surface area contributed by atoms with Crippen molar-refractivity contribution in [3.63, 3.8) is 0 Å². The zero-order valence-electron chi connectivity index (χ0n) is 20.9. The molecule has 11 nitrogen and oxygen atoms in total. The molecule has 3 aromatic heterocycles. The predicted octanol–water partition coefficient (Wildman–Crippen LogP) is 3.30. The Morgan fingerprint density at radius 2 is 1.87 bits per heavy atom. The van der Waals surface area contributed by atoms with E-state index >= 15 is 0 Å². The molecule has 4 aromatic rings. The molecular formula is C25H24FN5O6S. The number of nitriles is 1. The van der Waals surface area contributed by atoms with Crippen LogP contribution in [0.3, 0.4) is 0 Å². The van der Waals surface area contributed by atoms with Crippen LogP contribution in [0.1, 0.15) is 35.9 Å². The topological polar surface area (TPSA) is 153 Å². The van der Waals surface area contributed by atoms with Crippen molar-refractivity contribution in [2.75, 3.05) is 14.2 Å². The van der Waals surface area contributed by atoms with E-state index in [0.717, 1.165) is 12.3 Å². The molecule has 198 valence electrons. The van der Waals surface area contributed by atoms with Gasteiger partial charge in [-0.05, 0) is 44.2 Å². The number of rotatable bonds is 9. The van der Waals surface area contributed by atoms with Gasteiger partial charge in [-0.2, -0.15) is 5.26 Å². The van der Waals surface area contributed by atoms with Gasteiger partial charge >= 0.3 is 0 Å². The molecule has 2 atom stereocenters. The summed E-state index contributed by atoms with van der Waals surface area (Å²) in [6.07, 6.45) is -0.750. The van der Waals surface area contributed by atoms with E-state index < -0.39 is 38.5 Å². The van der Waals surface area contributed by atoms with Crippen LogP contribution in [0.4, 0.5) is 4.39 Å². The van der Waals surface area contributed by atoms with E-state index in [2.05, 4.69) is 15.2 Å². The summed E-state index contributed by atoms with van der Waals surface area (Å²) in [6.45, 7) is 2.99. The Kier molecular flexibility index (Phi) is 7.47. The quantitative estimate of drug-likeness (QED) is 0.334. The van der Waals surface area contributed by atoms with Crippen LogP contribution in [0.15, 0.2) is 47.0 Å². The molecule has 0 amide bonds. The first kappa shape index (κ1) is 26.8. The molecule has 0 aliphatic heterocycles. The van der Waals surface area contributed by atoms with Crippen molar-refractivity contribution in [1.82, 2.24) is 19.7 Å². The summed E-state index contributed by atoms with van der Waals surface area (Å²) in [5.41, 5.74) is -0.210. The van der Waals surface area contributed by atoms with Gasteiger partial charge in [0.15, 0.2) is 21.4 Å². The summed E-state index contributed by atoms with van der Waals surface area (Å²) >= 11 is 0. The number of aliphatic hydroxyl groups excluding tert-OH is 1. The fourth-order valence-electron chi connectivity index (χ4n) is 3.87. The van der Waals surface area contributed by atoms with Crippen molar-refractivity contribution in [2.45, 2.75) is 31.0 Å². The van der Waals surface area contributed by atoms with E-state index in [9.17, 15) is 17.9 Å². The van der Waals surface area contributed by atoms with E-state index in [4.69, 9.17) is 19.2 Å². The lowest BCUT2D eigenvalue weighted by atomic mass is 10.1. The zero-order valence-corrected chi connectivity index (χ0v) is 21.7. The summed E-state index contributed by atoms with van der Waals surface area (Å²) in [4.78, 5) is 3.76. The van der Waals surface area contributed by atoms with Crippen molar-refractivity contribution in [2.24, 2.45) is 0 Å². The van der Waals surface area contributed by atoms with Crippen molar-refractivity contribution >= 4 is 9.84 Å². The van der Waals surface area contributed by atoms with Crippen molar-refractivity contribution in [3.05, 3.63) is 71.3 Å². The van der Waals surface area contributed by atoms with Gasteiger partial charge in [0.2, 0.25) is 5.82 Å². The normalized spacial score (nSPS) is 13.1. The minimum atomic E-state index is -4.18. The van der Waals surface area contributed by atoms with Crippen LogP contribution in [0.5, 0.6) is 11.5 Å². The summed E-state index contributed by atoms with van der Waals surface area (Å²) in [5, 5.41) is 26.5. The monoisotopic (exact) mass is 541 g/mol. The molecule has 0 unspecified atom stereocenters. The van der Waals surface area contributed by atoms with E-state index in [1.165, 1.54) is 25.7 Å². The number of ether oxygens (including phenoxy) is 2. The van der Waals surface area contributed by atoms with Crippen LogP contribution in [-0.2, 0) is 15.6 Å². The first-order chi connectivity index (χ1) is 18.1. The number of furan rings is 1. The molecule has 1 N–H and O–H groups in total. The van der Waals surface area contributed by atoms with Crippen molar-refractivity contribution in [3.8, 4) is 34.8 Å². The van der Waals surface area contributed by atoms with Crippen molar-refractivity contribution < 1.29 is 31.8 Å². The Morgan fingerprint density at radius 1 is 1.18 bits per heavy atom. The van der Waals surface area contributed by atoms with Gasteiger partial charge in [0.1, 0.15) is 52.4 Å². The second kappa shape index (κ2) is 10.6. The second-order valence-corrected chi connectivity index (χ2v) is 10.7. The van der Waals surface area contributed by atoms with Gasteiger partial charge in [-0.1, -0.05) is 6.07 Å². The molecule has 3 heterocycles. The Hall–Kier alpha value is -4.28. The fraction of sp³-hybridized carbons (Fsp3) is 0.280. The van der Waals surface area contributed by atoms with Gasteiger partial charge in [0, 0.05) is 6.20 Å². The maximum Gasteiger partial charge on any atom is 0.204 e. The van der Waals surface area contributed by atoms with E-state index in [1.54, 1.807) is 43.3 Å². The largest absolute Gasteiger partial charge is 0.494 e. The number of halogens is 1. The van der Waals surface area contributed by atoms with Gasteiger partial charge in [-0.3, -0.25) is 9.55 Å². The van der Waals surface area contributed by atoms with Gasteiger partial charge in [0.25, 0.3) is 0 Å². The first-order valence-electron chi connectivity index (χ1n) is 11.3. The fourth-order valence-corrected chi connectivity index (χ4v) is 5.20. The number of nitrogens with zero attached hydrogens (tertiary/aromatic N) is 5. The summed E-state index contributed by atoms with van der Waals surface area (Å²) < 4.78 is 59.6. The SMILES string of the molecule is COc1cccc(OC)c1-n1c(CS(=O)(=O)[C@H](C)[C@@H](O)c2ncc(C#N)cc2F)nnc1-c1ccc(C)o1. The van der Waals surface area contributed by atoms with Crippen LogP contribution in [0.2, 0.25) is 0 Å². The smallest absolute Gasteiger partial charge is 0.204 e. The van der Waals surface area contributed by atoms with Crippen molar-refractivity contribution in [1.29, 1.82) is 5.26 Å². The Morgan fingerprint density at radius 3 is 2.42 bits per heavy atom. The van der Waals surface area contributed by atoms with Crippen LogP contribution in [0, 0.1) is 24.1 Å². The molecule has 0 fully saturated rings. The van der Waals surface area contributed by atoms with Crippen LogP contribution < -0.4 is 9.47 Å². The summed E-state index contributed by atoms with van der Waals surface area (Å²) in [6, 6.07) is 11.0. The lowest BCUT2D eigenvalue weighted by Gasteiger charge is -2.20. The number of hydrogen-bond acceptors (Lipinski definition) is 10. The molecular weight excluding hydrogens is 517 g/mol. The zero-order chi connectivity index (χ0) is 27.6. The number of aromatic nitrogens is 4. The maximum atomic E-state index is 14.5. The number of para-hydroxylation sites is 1. The van der Waals surface area contributed by atoms with Gasteiger partial charge < -0.3 is 19.0 Å². The third-order valence-electron chi connectivity index (χ3n) is 5.94. The molecule has 4 rings (SSSR count). The molecule has 0 radical (unpaired) electrons. The Balaban J connectivity index is 1.81. The average Bonchev–Trinajstić information content (AvgIpc) is 3.52. The number of aryl methyl sites for hydroxylation is 1. The minimum Gasteiger partial charge on any atom is -0.494 e. The van der Waals surface area contributed by atoms with E-state index in [-0.39, 0.29) is 17.2 Å². The number of methoxy groups -OCH3 is 2. The number of aliphatic hydroxyl groups is 1. The number of pyridine rings is 1. The van der Waals surface area contributed by atoms with Gasteiger partial charge in [-0.15, -0.1) is 10.2 Å². The van der Waals surface area contributed by atoms with E-state index in [1.807, 2.05) is 0 Å². The Labute approximate surface area is 218 Å². The first-order valence-corrected chi connectivity index (χ1v) is 13.0. The molecule has 1 aromatic carbocycles. The summed E-state index contributed by atoms with van der Waals surface area (Å²) in [5.74, 6) is 0.123. The average molecular weight is 542 g/mol. The molecule has 0 aliphatic carbocycles. The lowest BCUT2D eigenvalue weighted by molar-refractivity contribution is 0.166. The molecule has 0 spiro atoms. The van der Waals surface area contributed by atoms with Crippen LogP contribution in [-0.4, -0.2) is 52.7 Å². The third kappa shape index (κ3) is 4.96. The molecule has 0 saturated heterocycles. The molecule has 0 aliphatic rings. The summed E-state index contributed by atoms with van der Waals surface area (Å²) in [7, 11) is -1.28. The van der Waals surface area contributed by atoms with Crippen LogP contribution >= 0.6 is 0 Å².